The molecular weight excluding hydrogens is 282 g/mol. The van der Waals surface area contributed by atoms with E-state index in [-0.39, 0.29) is 21.8 Å². The highest BCUT2D eigenvalue weighted by atomic mass is 35.5. The zero-order valence-corrected chi connectivity index (χ0v) is 12.7. The summed E-state index contributed by atoms with van der Waals surface area (Å²) in [7, 11) is 3.82. The van der Waals surface area contributed by atoms with Crippen molar-refractivity contribution in [1.82, 2.24) is 10.2 Å². The lowest BCUT2D eigenvalue weighted by molar-refractivity contribution is -0.384. The molecule has 0 radical (unpaired) electrons. The Bertz CT molecular complexity index is 530. The number of nitro groups is 1. The fraction of sp³-hybridized carbons (Fsp3) is 0.462. The quantitative estimate of drug-likeness (QED) is 0.669. The van der Waals surface area contributed by atoms with Crippen molar-refractivity contribution in [3.63, 3.8) is 0 Å². The van der Waals surface area contributed by atoms with Crippen LogP contribution >= 0.6 is 11.6 Å². The van der Waals surface area contributed by atoms with Gasteiger partial charge in [-0.2, -0.15) is 0 Å². The predicted molar refractivity (Wildman–Crippen MR) is 78.2 cm³/mol. The molecule has 7 heteroatoms. The van der Waals surface area contributed by atoms with E-state index in [2.05, 4.69) is 5.32 Å². The smallest absolute Gasteiger partial charge is 0.270 e. The Labute approximate surface area is 122 Å². The van der Waals surface area contributed by atoms with E-state index in [1.807, 2.05) is 32.8 Å². The zero-order chi connectivity index (χ0) is 15.5. The van der Waals surface area contributed by atoms with Gasteiger partial charge in [0.05, 0.1) is 15.5 Å². The van der Waals surface area contributed by atoms with E-state index >= 15 is 0 Å². The number of rotatable bonds is 5. The summed E-state index contributed by atoms with van der Waals surface area (Å²) in [5, 5.41) is 13.6. The summed E-state index contributed by atoms with van der Waals surface area (Å²) >= 11 is 5.91. The fourth-order valence-electron chi connectivity index (χ4n) is 1.35. The van der Waals surface area contributed by atoms with Crippen LogP contribution in [0.2, 0.25) is 5.02 Å². The Hall–Kier alpha value is -1.66. The van der Waals surface area contributed by atoms with Gasteiger partial charge in [-0.1, -0.05) is 11.6 Å². The first kappa shape index (κ1) is 16.4. The maximum Gasteiger partial charge on any atom is 0.270 e. The molecule has 0 heterocycles. The van der Waals surface area contributed by atoms with Crippen molar-refractivity contribution in [2.75, 3.05) is 20.6 Å². The molecule has 6 nitrogen and oxygen atoms in total. The summed E-state index contributed by atoms with van der Waals surface area (Å²) in [6, 6.07) is 3.80. The molecule has 20 heavy (non-hydrogen) atoms. The van der Waals surface area contributed by atoms with Gasteiger partial charge in [0.15, 0.2) is 0 Å². The number of benzene rings is 1. The Balaban J connectivity index is 2.88. The number of halogens is 1. The van der Waals surface area contributed by atoms with E-state index in [0.717, 1.165) is 0 Å². The number of carbonyl (C=O) groups is 1. The van der Waals surface area contributed by atoms with Gasteiger partial charge in [-0.05, 0) is 34.0 Å². The molecule has 1 amide bonds. The van der Waals surface area contributed by atoms with Gasteiger partial charge in [0.2, 0.25) is 0 Å². The van der Waals surface area contributed by atoms with Crippen LogP contribution in [0.5, 0.6) is 0 Å². The first-order valence-corrected chi connectivity index (χ1v) is 6.42. The molecule has 1 aromatic rings. The molecule has 1 aromatic carbocycles. The van der Waals surface area contributed by atoms with Gasteiger partial charge in [0.25, 0.3) is 11.6 Å². The van der Waals surface area contributed by atoms with Gasteiger partial charge in [0.1, 0.15) is 0 Å². The number of nitro benzene ring substituents is 1. The molecule has 110 valence electrons. The van der Waals surface area contributed by atoms with Crippen LogP contribution in [0.4, 0.5) is 5.69 Å². The third-order valence-corrected chi connectivity index (χ3v) is 3.63. The number of likely N-dealkylation sites (N-methyl/N-ethyl adjacent to an activating group) is 1. The molecule has 0 spiro atoms. The zero-order valence-electron chi connectivity index (χ0n) is 11.9. The molecule has 0 fully saturated rings. The highest BCUT2D eigenvalue weighted by Crippen LogP contribution is 2.22. The van der Waals surface area contributed by atoms with Crippen LogP contribution in [0, 0.1) is 10.1 Å². The topological polar surface area (TPSA) is 75.5 Å². The Kier molecular flexibility index (Phi) is 5.08. The summed E-state index contributed by atoms with van der Waals surface area (Å²) in [6.07, 6.45) is 0. The van der Waals surface area contributed by atoms with Gasteiger partial charge < -0.3 is 10.2 Å². The van der Waals surface area contributed by atoms with Crippen LogP contribution in [0.15, 0.2) is 18.2 Å². The molecule has 1 rings (SSSR count). The van der Waals surface area contributed by atoms with Gasteiger partial charge >= 0.3 is 0 Å². The van der Waals surface area contributed by atoms with Crippen molar-refractivity contribution < 1.29 is 9.72 Å². The van der Waals surface area contributed by atoms with E-state index in [0.29, 0.717) is 6.54 Å². The van der Waals surface area contributed by atoms with Gasteiger partial charge in [-0.25, -0.2) is 0 Å². The van der Waals surface area contributed by atoms with E-state index < -0.39 is 10.8 Å². The SMILES string of the molecule is CN(C)C(C)(C)CNC(=O)c1cc([N+](=O)[O-])ccc1Cl. The van der Waals surface area contributed by atoms with Crippen LogP contribution in [0.3, 0.4) is 0 Å². The number of hydrogen-bond acceptors (Lipinski definition) is 4. The second-order valence-corrected chi connectivity index (χ2v) is 5.72. The molecular formula is C13H18ClN3O3. The monoisotopic (exact) mass is 299 g/mol. The standard InChI is InChI=1S/C13H18ClN3O3/c1-13(2,16(3)4)8-15-12(18)10-7-9(17(19)20)5-6-11(10)14/h5-7H,8H2,1-4H3,(H,15,18). The minimum atomic E-state index is -0.559. The largest absolute Gasteiger partial charge is 0.350 e. The first-order chi connectivity index (χ1) is 9.15. The van der Waals surface area contributed by atoms with Gasteiger partial charge in [0, 0.05) is 24.2 Å². The lowest BCUT2D eigenvalue weighted by Gasteiger charge is -2.32. The van der Waals surface area contributed by atoms with Crippen molar-refractivity contribution in [1.29, 1.82) is 0 Å². The number of hydrogen-bond donors (Lipinski definition) is 1. The van der Waals surface area contributed by atoms with Crippen molar-refractivity contribution in [3.8, 4) is 0 Å². The predicted octanol–water partition coefficient (Wildman–Crippen LogP) is 2.32. The Morgan fingerprint density at radius 1 is 1.45 bits per heavy atom. The van der Waals surface area contributed by atoms with Crippen LogP contribution in [0.25, 0.3) is 0 Å². The summed E-state index contributed by atoms with van der Waals surface area (Å²) in [4.78, 5) is 24.2. The minimum absolute atomic E-state index is 0.107. The van der Waals surface area contributed by atoms with Crippen LogP contribution < -0.4 is 5.32 Å². The van der Waals surface area contributed by atoms with Crippen molar-refractivity contribution in [3.05, 3.63) is 38.9 Å². The molecule has 0 aliphatic rings. The summed E-state index contributed by atoms with van der Waals surface area (Å²) in [5.74, 6) is -0.423. The summed E-state index contributed by atoms with van der Waals surface area (Å²) in [5.41, 5.74) is -0.287. The van der Waals surface area contributed by atoms with E-state index in [1.165, 1.54) is 18.2 Å². The average Bonchev–Trinajstić information content (AvgIpc) is 2.36. The van der Waals surface area contributed by atoms with Crippen LogP contribution in [0.1, 0.15) is 24.2 Å². The van der Waals surface area contributed by atoms with Crippen molar-refractivity contribution in [2.45, 2.75) is 19.4 Å². The highest BCUT2D eigenvalue weighted by Gasteiger charge is 2.22. The highest BCUT2D eigenvalue weighted by molar-refractivity contribution is 6.33. The van der Waals surface area contributed by atoms with E-state index in [9.17, 15) is 14.9 Å². The molecule has 0 bridgehead atoms. The average molecular weight is 300 g/mol. The van der Waals surface area contributed by atoms with Crippen molar-refractivity contribution in [2.24, 2.45) is 0 Å². The second kappa shape index (κ2) is 6.19. The van der Waals surface area contributed by atoms with E-state index in [4.69, 9.17) is 11.6 Å². The molecule has 0 aliphatic heterocycles. The van der Waals surface area contributed by atoms with Crippen molar-refractivity contribution >= 4 is 23.2 Å². The molecule has 0 atom stereocenters. The van der Waals surface area contributed by atoms with Crippen LogP contribution in [-0.2, 0) is 0 Å². The summed E-state index contributed by atoms with van der Waals surface area (Å²) in [6.45, 7) is 4.35. The maximum atomic E-state index is 12.1. The third kappa shape index (κ3) is 3.91. The Morgan fingerprint density at radius 2 is 2.05 bits per heavy atom. The van der Waals surface area contributed by atoms with Gasteiger partial charge in [-0.3, -0.25) is 14.9 Å². The molecule has 0 unspecified atom stereocenters. The lowest BCUT2D eigenvalue weighted by atomic mass is 10.0. The third-order valence-electron chi connectivity index (χ3n) is 3.30. The van der Waals surface area contributed by atoms with E-state index in [1.54, 1.807) is 0 Å². The maximum absolute atomic E-state index is 12.1. The lowest BCUT2D eigenvalue weighted by Crippen LogP contribution is -2.48. The first-order valence-electron chi connectivity index (χ1n) is 6.05. The second-order valence-electron chi connectivity index (χ2n) is 5.31. The number of non-ortho nitro benzene ring substituents is 1. The molecule has 0 saturated carbocycles. The number of amides is 1. The Morgan fingerprint density at radius 3 is 2.55 bits per heavy atom. The molecule has 1 N–H and O–H groups in total. The van der Waals surface area contributed by atoms with Crippen LogP contribution in [-0.4, -0.2) is 41.9 Å². The minimum Gasteiger partial charge on any atom is -0.350 e. The number of nitrogens with zero attached hydrogens (tertiary/aromatic N) is 2. The summed E-state index contributed by atoms with van der Waals surface area (Å²) < 4.78 is 0. The molecule has 0 aromatic heterocycles. The number of nitrogens with one attached hydrogen (secondary N) is 1. The molecule has 0 aliphatic carbocycles. The van der Waals surface area contributed by atoms with Gasteiger partial charge in [-0.15, -0.1) is 0 Å². The molecule has 0 saturated heterocycles. The fourth-order valence-corrected chi connectivity index (χ4v) is 1.55. The normalized spacial score (nSPS) is 11.5. The number of carbonyl (C=O) groups excluding carboxylic acids is 1.